The molecule has 21 heavy (non-hydrogen) atoms. The molecule has 0 aliphatic carbocycles. The Morgan fingerprint density at radius 3 is 2.43 bits per heavy atom. The Hall–Kier alpha value is -1.15. The summed E-state index contributed by atoms with van der Waals surface area (Å²) in [6.45, 7) is 3.78. The van der Waals surface area contributed by atoms with Gasteiger partial charge < -0.3 is 14.6 Å². The Morgan fingerprint density at radius 1 is 1.33 bits per heavy atom. The van der Waals surface area contributed by atoms with E-state index in [1.807, 2.05) is 13.8 Å². The van der Waals surface area contributed by atoms with E-state index in [4.69, 9.17) is 9.26 Å². The highest BCUT2D eigenvalue weighted by Crippen LogP contribution is 2.45. The molecule has 0 amide bonds. The van der Waals surface area contributed by atoms with Crippen molar-refractivity contribution < 1.29 is 22.4 Å². The summed E-state index contributed by atoms with van der Waals surface area (Å²) in [6.07, 6.45) is -3.43. The normalized spacial score (nSPS) is 23.7. The number of halogens is 3. The van der Waals surface area contributed by atoms with Crippen LogP contribution in [0.1, 0.15) is 44.8 Å². The third-order valence-electron chi connectivity index (χ3n) is 4.47. The number of aromatic nitrogens is 2. The highest BCUT2D eigenvalue weighted by Gasteiger charge is 2.61. The second kappa shape index (κ2) is 5.57. The molecule has 1 N–H and O–H groups in total. The van der Waals surface area contributed by atoms with Crippen molar-refractivity contribution in [2.45, 2.75) is 50.3 Å². The summed E-state index contributed by atoms with van der Waals surface area (Å²) in [5.74, 6) is -0.196. The molecule has 8 heteroatoms. The van der Waals surface area contributed by atoms with Crippen molar-refractivity contribution in [2.75, 3.05) is 20.2 Å². The molecule has 0 spiro atoms. The van der Waals surface area contributed by atoms with Gasteiger partial charge in [-0.05, 0) is 25.8 Å². The Kier molecular flexibility index (Phi) is 4.30. The molecule has 1 aromatic rings. The van der Waals surface area contributed by atoms with E-state index in [2.05, 4.69) is 15.5 Å². The quantitative estimate of drug-likeness (QED) is 0.906. The van der Waals surface area contributed by atoms with Crippen LogP contribution >= 0.6 is 0 Å². The average molecular weight is 307 g/mol. The van der Waals surface area contributed by atoms with Crippen molar-refractivity contribution in [2.24, 2.45) is 0 Å². The lowest BCUT2D eigenvalue weighted by Crippen LogP contribution is -2.44. The number of alkyl halides is 3. The molecule has 1 fully saturated rings. The smallest absolute Gasteiger partial charge is 0.370 e. The van der Waals surface area contributed by atoms with Crippen LogP contribution in [-0.4, -0.2) is 36.5 Å². The fourth-order valence-electron chi connectivity index (χ4n) is 2.79. The van der Waals surface area contributed by atoms with E-state index in [1.165, 1.54) is 7.11 Å². The average Bonchev–Trinajstić information content (AvgIpc) is 3.10. The van der Waals surface area contributed by atoms with Crippen LogP contribution < -0.4 is 5.32 Å². The zero-order chi connectivity index (χ0) is 15.7. The van der Waals surface area contributed by atoms with Gasteiger partial charge in [0.15, 0.2) is 5.41 Å². The molecule has 0 aromatic carbocycles. The standard InChI is InChI=1S/C13H20F3N3O2/c1-4-12(5-2,20-3)9-18-10(21-19-9)11(13(14,15)16)6-7-17-8-11/h17H,4-8H2,1-3H3. The van der Waals surface area contributed by atoms with Crippen molar-refractivity contribution in [3.63, 3.8) is 0 Å². The topological polar surface area (TPSA) is 60.2 Å². The molecule has 0 saturated carbocycles. The fourth-order valence-corrected chi connectivity index (χ4v) is 2.79. The molecule has 5 nitrogen and oxygen atoms in total. The zero-order valence-electron chi connectivity index (χ0n) is 12.4. The van der Waals surface area contributed by atoms with Crippen LogP contribution in [-0.2, 0) is 15.8 Å². The molecule has 1 aliphatic heterocycles. The molecule has 0 radical (unpaired) electrons. The van der Waals surface area contributed by atoms with Crippen molar-refractivity contribution in [1.82, 2.24) is 15.5 Å². The first kappa shape index (κ1) is 16.2. The summed E-state index contributed by atoms with van der Waals surface area (Å²) in [5.41, 5.74) is -2.90. The second-order valence-electron chi connectivity index (χ2n) is 5.34. The van der Waals surface area contributed by atoms with E-state index < -0.39 is 17.2 Å². The SMILES string of the molecule is CCC(CC)(OC)c1noc(C2(C(F)(F)F)CCNC2)n1. The molecule has 2 rings (SSSR count). The molecule has 1 saturated heterocycles. The third-order valence-corrected chi connectivity index (χ3v) is 4.47. The van der Waals surface area contributed by atoms with Crippen LogP contribution in [0, 0.1) is 0 Å². The zero-order valence-corrected chi connectivity index (χ0v) is 12.4. The summed E-state index contributed by atoms with van der Waals surface area (Å²) in [5, 5.41) is 6.49. The van der Waals surface area contributed by atoms with Gasteiger partial charge in [-0.2, -0.15) is 18.2 Å². The Balaban J connectivity index is 2.43. The molecule has 0 bridgehead atoms. The highest BCUT2D eigenvalue weighted by atomic mass is 19.4. The maximum Gasteiger partial charge on any atom is 0.404 e. The second-order valence-corrected chi connectivity index (χ2v) is 5.34. The Labute approximate surface area is 121 Å². The predicted molar refractivity (Wildman–Crippen MR) is 68.8 cm³/mol. The van der Waals surface area contributed by atoms with Crippen LogP contribution in [0.15, 0.2) is 4.52 Å². The highest BCUT2D eigenvalue weighted by molar-refractivity contribution is 5.16. The largest absolute Gasteiger partial charge is 0.404 e. The summed E-state index contributed by atoms with van der Waals surface area (Å²) in [7, 11) is 1.50. The molecule has 1 unspecified atom stereocenters. The molecule has 2 heterocycles. The van der Waals surface area contributed by atoms with Gasteiger partial charge in [0.25, 0.3) is 0 Å². The molecule has 1 aliphatic rings. The van der Waals surface area contributed by atoms with Crippen molar-refractivity contribution in [1.29, 1.82) is 0 Å². The van der Waals surface area contributed by atoms with Crippen LogP contribution in [0.3, 0.4) is 0 Å². The van der Waals surface area contributed by atoms with E-state index in [9.17, 15) is 13.2 Å². The number of ether oxygens (including phenoxy) is 1. The molecule has 1 atom stereocenters. The fraction of sp³-hybridized carbons (Fsp3) is 0.846. The van der Waals surface area contributed by atoms with Gasteiger partial charge in [0, 0.05) is 13.7 Å². The number of nitrogens with one attached hydrogen (secondary N) is 1. The van der Waals surface area contributed by atoms with E-state index in [1.54, 1.807) is 0 Å². The maximum atomic E-state index is 13.5. The molecule has 1 aromatic heterocycles. The monoisotopic (exact) mass is 307 g/mol. The first-order valence-electron chi connectivity index (χ1n) is 7.02. The van der Waals surface area contributed by atoms with Crippen molar-refractivity contribution in [3.05, 3.63) is 11.7 Å². The lowest BCUT2D eigenvalue weighted by atomic mass is 9.86. The first-order chi connectivity index (χ1) is 9.85. The van der Waals surface area contributed by atoms with Gasteiger partial charge in [0.1, 0.15) is 5.60 Å². The van der Waals surface area contributed by atoms with Crippen molar-refractivity contribution in [3.8, 4) is 0 Å². The van der Waals surface area contributed by atoms with Gasteiger partial charge in [-0.1, -0.05) is 19.0 Å². The number of nitrogens with zero attached hydrogens (tertiary/aromatic N) is 2. The van der Waals surface area contributed by atoms with Crippen LogP contribution in [0.4, 0.5) is 13.2 Å². The molecular formula is C13H20F3N3O2. The predicted octanol–water partition coefficient (Wildman–Crippen LogP) is 2.52. The number of hydrogen-bond acceptors (Lipinski definition) is 5. The van der Waals surface area contributed by atoms with E-state index >= 15 is 0 Å². The van der Waals surface area contributed by atoms with Crippen LogP contribution in [0.5, 0.6) is 0 Å². The van der Waals surface area contributed by atoms with Crippen LogP contribution in [0.25, 0.3) is 0 Å². The summed E-state index contributed by atoms with van der Waals surface area (Å²) < 4.78 is 50.8. The number of methoxy groups -OCH3 is 1. The van der Waals surface area contributed by atoms with E-state index in [0.29, 0.717) is 12.8 Å². The van der Waals surface area contributed by atoms with Gasteiger partial charge in [-0.25, -0.2) is 0 Å². The Bertz CT molecular complexity index is 469. The van der Waals surface area contributed by atoms with Gasteiger partial charge in [-0.15, -0.1) is 0 Å². The van der Waals surface area contributed by atoms with Crippen molar-refractivity contribution >= 4 is 0 Å². The maximum absolute atomic E-state index is 13.5. The van der Waals surface area contributed by atoms with Gasteiger partial charge in [0.2, 0.25) is 11.7 Å². The first-order valence-corrected chi connectivity index (χ1v) is 7.02. The van der Waals surface area contributed by atoms with Gasteiger partial charge >= 0.3 is 6.18 Å². The lowest BCUT2D eigenvalue weighted by molar-refractivity contribution is -0.191. The molecule has 120 valence electrons. The lowest BCUT2D eigenvalue weighted by Gasteiger charge is -2.27. The number of hydrogen-bond donors (Lipinski definition) is 1. The Morgan fingerprint density at radius 2 is 2.00 bits per heavy atom. The summed E-state index contributed by atoms with van der Waals surface area (Å²) in [6, 6.07) is 0. The van der Waals surface area contributed by atoms with Gasteiger partial charge in [-0.3, -0.25) is 0 Å². The third kappa shape index (κ3) is 2.44. The molecular weight excluding hydrogens is 287 g/mol. The minimum Gasteiger partial charge on any atom is -0.370 e. The van der Waals surface area contributed by atoms with Crippen LogP contribution in [0.2, 0.25) is 0 Å². The summed E-state index contributed by atoms with van der Waals surface area (Å²) >= 11 is 0. The van der Waals surface area contributed by atoms with E-state index in [-0.39, 0.29) is 31.2 Å². The minimum absolute atomic E-state index is 0.101. The summed E-state index contributed by atoms with van der Waals surface area (Å²) in [4.78, 5) is 4.05. The van der Waals surface area contributed by atoms with E-state index in [0.717, 1.165) is 0 Å². The van der Waals surface area contributed by atoms with Gasteiger partial charge in [0.05, 0.1) is 0 Å². The minimum atomic E-state index is -4.44. The number of rotatable bonds is 5.